The average molecular weight is 199 g/mol. The zero-order valence-electron chi connectivity index (χ0n) is 5.11. The number of hydrogen-bond acceptors (Lipinski definition) is 2. The van der Waals surface area contributed by atoms with E-state index in [0.717, 1.165) is 4.88 Å². The fraction of sp³-hybridized carbons (Fsp3) is 0.200. The van der Waals surface area contributed by atoms with Crippen molar-refractivity contribution in [2.24, 2.45) is 0 Å². The quantitative estimate of drug-likeness (QED) is 0.740. The second-order valence-corrected chi connectivity index (χ2v) is 3.82. The zero-order chi connectivity index (χ0) is 6.69. The van der Waals surface area contributed by atoms with Crippen LogP contribution in [0.25, 0.3) is 0 Å². The Bertz CT molecular complexity index is 199. The Balaban J connectivity index is 0.000000810. The Morgan fingerprint density at radius 2 is 2.40 bits per heavy atom. The van der Waals surface area contributed by atoms with Crippen LogP contribution in [0, 0.1) is 0 Å². The molecule has 1 aromatic heterocycles. The van der Waals surface area contributed by atoms with Crippen molar-refractivity contribution in [1.82, 2.24) is 0 Å². The van der Waals surface area contributed by atoms with Gasteiger partial charge in [-0.1, -0.05) is 6.07 Å². The summed E-state index contributed by atoms with van der Waals surface area (Å²) in [6.45, 7) is 0. The Morgan fingerprint density at radius 1 is 1.70 bits per heavy atom. The Kier molecular flexibility index (Phi) is 5.00. The van der Waals surface area contributed by atoms with E-state index in [2.05, 4.69) is 0 Å². The smallest absolute Gasteiger partial charge is 0.194 e. The fourth-order valence-corrected chi connectivity index (χ4v) is 2.17. The van der Waals surface area contributed by atoms with E-state index in [1.54, 1.807) is 0 Å². The SMILES string of the molecule is Cl.O=[PH](O)Cc1cccs1. The van der Waals surface area contributed by atoms with Crippen molar-refractivity contribution >= 4 is 31.8 Å². The highest BCUT2D eigenvalue weighted by molar-refractivity contribution is 7.37. The summed E-state index contributed by atoms with van der Waals surface area (Å²) in [5.74, 6) is 0. The zero-order valence-corrected chi connectivity index (χ0v) is 7.74. The Hall–Kier alpha value is 0.180. The van der Waals surface area contributed by atoms with Gasteiger partial charge in [0.15, 0.2) is 8.03 Å². The van der Waals surface area contributed by atoms with Crippen LogP contribution >= 0.6 is 31.8 Å². The summed E-state index contributed by atoms with van der Waals surface area (Å²) in [5.41, 5.74) is 0. The van der Waals surface area contributed by atoms with Crippen molar-refractivity contribution in [2.75, 3.05) is 0 Å². The highest BCUT2D eigenvalue weighted by Crippen LogP contribution is 2.23. The maximum Gasteiger partial charge on any atom is 0.194 e. The first kappa shape index (κ1) is 10.2. The lowest BCUT2D eigenvalue weighted by molar-refractivity contribution is 0.502. The van der Waals surface area contributed by atoms with E-state index in [1.165, 1.54) is 11.3 Å². The number of rotatable bonds is 2. The molecular formula is C5H8ClO2PS. The van der Waals surface area contributed by atoms with Gasteiger partial charge in [0.1, 0.15) is 0 Å². The summed E-state index contributed by atoms with van der Waals surface area (Å²) < 4.78 is 10.3. The second-order valence-electron chi connectivity index (χ2n) is 1.65. The molecule has 10 heavy (non-hydrogen) atoms. The van der Waals surface area contributed by atoms with Crippen molar-refractivity contribution in [2.45, 2.75) is 6.16 Å². The van der Waals surface area contributed by atoms with E-state index in [4.69, 9.17) is 4.89 Å². The van der Waals surface area contributed by atoms with E-state index in [0.29, 0.717) is 6.16 Å². The maximum atomic E-state index is 10.3. The molecule has 58 valence electrons. The molecule has 0 bridgehead atoms. The van der Waals surface area contributed by atoms with Crippen molar-refractivity contribution in [3.8, 4) is 0 Å². The molecule has 5 heteroatoms. The molecule has 0 saturated carbocycles. The molecule has 0 amide bonds. The minimum absolute atomic E-state index is 0. The van der Waals surface area contributed by atoms with Gasteiger partial charge in [-0.3, -0.25) is 4.57 Å². The third-order valence-electron chi connectivity index (χ3n) is 0.906. The maximum absolute atomic E-state index is 10.3. The van der Waals surface area contributed by atoms with E-state index in [-0.39, 0.29) is 12.4 Å². The summed E-state index contributed by atoms with van der Waals surface area (Å²) in [6.07, 6.45) is 0.336. The minimum Gasteiger partial charge on any atom is -0.346 e. The van der Waals surface area contributed by atoms with Crippen LogP contribution < -0.4 is 0 Å². The van der Waals surface area contributed by atoms with Crippen LogP contribution in [-0.2, 0) is 10.7 Å². The second kappa shape index (κ2) is 4.91. The highest BCUT2D eigenvalue weighted by Gasteiger charge is 1.95. The molecule has 0 aliphatic heterocycles. The molecule has 1 unspecified atom stereocenters. The summed E-state index contributed by atoms with van der Waals surface area (Å²) in [5, 5.41) is 1.90. The van der Waals surface area contributed by atoms with Gasteiger partial charge in [0, 0.05) is 4.88 Å². The van der Waals surface area contributed by atoms with Crippen LogP contribution in [0.5, 0.6) is 0 Å². The van der Waals surface area contributed by atoms with E-state index < -0.39 is 8.03 Å². The molecule has 1 rings (SSSR count). The fourth-order valence-electron chi connectivity index (χ4n) is 0.562. The predicted molar refractivity (Wildman–Crippen MR) is 46.5 cm³/mol. The van der Waals surface area contributed by atoms with Crippen molar-refractivity contribution in [3.63, 3.8) is 0 Å². The number of halogens is 1. The third-order valence-corrected chi connectivity index (χ3v) is 2.72. The molecule has 1 heterocycles. The molecule has 1 atom stereocenters. The van der Waals surface area contributed by atoms with Gasteiger partial charge in [-0.25, -0.2) is 0 Å². The lowest BCUT2D eigenvalue weighted by Crippen LogP contribution is -1.67. The Labute approximate surface area is 70.2 Å². The molecule has 0 aliphatic carbocycles. The first-order valence-electron chi connectivity index (χ1n) is 2.53. The van der Waals surface area contributed by atoms with Crippen LogP contribution in [0.1, 0.15) is 4.88 Å². The predicted octanol–water partition coefficient (Wildman–Crippen LogP) is 2.14. The normalized spacial score (nSPS) is 12.1. The first-order chi connectivity index (χ1) is 4.29. The average Bonchev–Trinajstić information content (AvgIpc) is 2.15. The Morgan fingerprint density at radius 3 is 2.80 bits per heavy atom. The molecule has 0 aliphatic rings. The van der Waals surface area contributed by atoms with Gasteiger partial charge in [-0.05, 0) is 11.4 Å². The molecular weight excluding hydrogens is 191 g/mol. The van der Waals surface area contributed by atoms with Crippen molar-refractivity contribution < 1.29 is 9.46 Å². The molecule has 0 saturated heterocycles. The largest absolute Gasteiger partial charge is 0.346 e. The van der Waals surface area contributed by atoms with Gasteiger partial charge in [-0.2, -0.15) is 0 Å². The van der Waals surface area contributed by atoms with Gasteiger partial charge < -0.3 is 4.89 Å². The summed E-state index contributed by atoms with van der Waals surface area (Å²) in [4.78, 5) is 9.46. The number of thiophene rings is 1. The van der Waals surface area contributed by atoms with E-state index in [9.17, 15) is 4.57 Å². The molecule has 1 aromatic rings. The monoisotopic (exact) mass is 198 g/mol. The summed E-state index contributed by atoms with van der Waals surface area (Å²) in [6, 6.07) is 3.74. The van der Waals surface area contributed by atoms with Crippen molar-refractivity contribution in [3.05, 3.63) is 22.4 Å². The van der Waals surface area contributed by atoms with Gasteiger partial charge in [0.05, 0.1) is 6.16 Å². The first-order valence-corrected chi connectivity index (χ1v) is 4.97. The van der Waals surface area contributed by atoms with Gasteiger partial charge in [0.2, 0.25) is 0 Å². The summed E-state index contributed by atoms with van der Waals surface area (Å²) in [7, 11) is -2.30. The molecule has 2 nitrogen and oxygen atoms in total. The topological polar surface area (TPSA) is 37.3 Å². The minimum atomic E-state index is -2.30. The molecule has 0 fully saturated rings. The van der Waals surface area contributed by atoms with Gasteiger partial charge >= 0.3 is 0 Å². The van der Waals surface area contributed by atoms with Crippen LogP contribution in [0.2, 0.25) is 0 Å². The van der Waals surface area contributed by atoms with Gasteiger partial charge in [-0.15, -0.1) is 23.7 Å². The van der Waals surface area contributed by atoms with Gasteiger partial charge in [0.25, 0.3) is 0 Å². The molecule has 0 spiro atoms. The van der Waals surface area contributed by atoms with Crippen LogP contribution in [0.4, 0.5) is 0 Å². The third kappa shape index (κ3) is 3.37. The lowest BCUT2D eigenvalue weighted by Gasteiger charge is -1.87. The summed E-state index contributed by atoms with van der Waals surface area (Å²) >= 11 is 1.52. The van der Waals surface area contributed by atoms with E-state index in [1.807, 2.05) is 17.5 Å². The highest BCUT2D eigenvalue weighted by atomic mass is 35.5. The van der Waals surface area contributed by atoms with Crippen molar-refractivity contribution in [1.29, 1.82) is 0 Å². The van der Waals surface area contributed by atoms with Crippen LogP contribution in [0.3, 0.4) is 0 Å². The number of hydrogen-bond donors (Lipinski definition) is 1. The molecule has 1 N–H and O–H groups in total. The lowest BCUT2D eigenvalue weighted by atomic mass is 10.5. The standard InChI is InChI=1S/C5H7O2PS.ClH/c6-8(7)4-5-2-1-3-9-5;/h1-3,8H,4H2,(H,6,7);1H. The van der Waals surface area contributed by atoms with Crippen LogP contribution in [0.15, 0.2) is 17.5 Å². The molecule has 0 radical (unpaired) electrons. The molecule has 0 aromatic carbocycles. The van der Waals surface area contributed by atoms with Crippen LogP contribution in [-0.4, -0.2) is 4.89 Å². The van der Waals surface area contributed by atoms with E-state index >= 15 is 0 Å².